The maximum Gasteiger partial charge on any atom is 0.243 e. The molecule has 3 rings (SSSR count). The molecule has 134 valence electrons. The van der Waals surface area contributed by atoms with Gasteiger partial charge in [-0.3, -0.25) is 0 Å². The Morgan fingerprint density at radius 1 is 1.04 bits per heavy atom. The van der Waals surface area contributed by atoms with Gasteiger partial charge in [-0.2, -0.15) is 4.31 Å². The Labute approximate surface area is 151 Å². The minimum Gasteiger partial charge on any atom is -0.495 e. The van der Waals surface area contributed by atoms with Crippen LogP contribution in [0.1, 0.15) is 0 Å². The van der Waals surface area contributed by atoms with Crippen LogP contribution in [0.5, 0.6) is 5.75 Å². The zero-order valence-electron chi connectivity index (χ0n) is 13.7. The van der Waals surface area contributed by atoms with Gasteiger partial charge in [-0.15, -0.1) is 0 Å². The van der Waals surface area contributed by atoms with Crippen molar-refractivity contribution in [3.8, 4) is 5.75 Å². The summed E-state index contributed by atoms with van der Waals surface area (Å²) in [5.74, 6) is 0.232. The zero-order valence-corrected chi connectivity index (χ0v) is 15.2. The second kappa shape index (κ2) is 7.19. The summed E-state index contributed by atoms with van der Waals surface area (Å²) in [6.45, 7) is 1.68. The molecule has 2 aromatic carbocycles. The van der Waals surface area contributed by atoms with Gasteiger partial charge in [-0.1, -0.05) is 11.6 Å². The minimum atomic E-state index is -3.63. The molecular formula is C17H18ClFN2O3S. The number of anilines is 1. The molecule has 1 fully saturated rings. The van der Waals surface area contributed by atoms with Crippen LogP contribution < -0.4 is 9.64 Å². The highest BCUT2D eigenvalue weighted by atomic mass is 35.5. The lowest BCUT2D eigenvalue weighted by molar-refractivity contribution is 0.378. The Bertz CT molecular complexity index is 851. The molecule has 0 N–H and O–H groups in total. The number of hydrogen-bond donors (Lipinski definition) is 0. The molecule has 1 saturated heterocycles. The van der Waals surface area contributed by atoms with E-state index in [-0.39, 0.29) is 4.90 Å². The summed E-state index contributed by atoms with van der Waals surface area (Å²) >= 11 is 6.07. The number of piperazine rings is 1. The Morgan fingerprint density at radius 2 is 1.68 bits per heavy atom. The van der Waals surface area contributed by atoms with Crippen LogP contribution in [0.3, 0.4) is 0 Å². The van der Waals surface area contributed by atoms with Crippen molar-refractivity contribution in [3.05, 3.63) is 53.3 Å². The summed E-state index contributed by atoms with van der Waals surface area (Å²) in [5.41, 5.74) is 0.842. The first-order chi connectivity index (χ1) is 11.9. The number of ether oxygens (including phenoxy) is 1. The number of nitrogens with zero attached hydrogens (tertiary/aromatic N) is 2. The highest BCUT2D eigenvalue weighted by molar-refractivity contribution is 7.89. The molecule has 2 aromatic rings. The second-order valence-electron chi connectivity index (χ2n) is 5.66. The van der Waals surface area contributed by atoms with E-state index in [1.807, 2.05) is 11.0 Å². The van der Waals surface area contributed by atoms with Gasteiger partial charge in [0.2, 0.25) is 10.0 Å². The Kier molecular flexibility index (Phi) is 5.17. The molecule has 0 atom stereocenters. The summed E-state index contributed by atoms with van der Waals surface area (Å²) in [6, 6.07) is 10.2. The molecule has 0 aromatic heterocycles. The molecule has 1 aliphatic rings. The number of rotatable bonds is 4. The fourth-order valence-corrected chi connectivity index (χ4v) is 4.42. The summed E-state index contributed by atoms with van der Waals surface area (Å²) < 4.78 is 45.1. The van der Waals surface area contributed by atoms with Gasteiger partial charge in [0.1, 0.15) is 11.6 Å². The van der Waals surface area contributed by atoms with Crippen molar-refractivity contribution in [2.45, 2.75) is 4.90 Å². The SMILES string of the molecule is COc1ccc(Cl)cc1N1CCN(S(=O)(=O)c2ccc(F)cc2)CC1. The van der Waals surface area contributed by atoms with Crippen molar-refractivity contribution in [2.75, 3.05) is 38.2 Å². The topological polar surface area (TPSA) is 49.9 Å². The lowest BCUT2D eigenvalue weighted by Crippen LogP contribution is -2.48. The van der Waals surface area contributed by atoms with Crippen LogP contribution in [0, 0.1) is 5.82 Å². The van der Waals surface area contributed by atoms with E-state index < -0.39 is 15.8 Å². The Balaban J connectivity index is 1.76. The fourth-order valence-electron chi connectivity index (χ4n) is 2.84. The number of benzene rings is 2. The molecular weight excluding hydrogens is 367 g/mol. The van der Waals surface area contributed by atoms with Gasteiger partial charge in [0, 0.05) is 31.2 Å². The van der Waals surface area contributed by atoms with E-state index in [0.29, 0.717) is 37.0 Å². The highest BCUT2D eigenvalue weighted by Gasteiger charge is 2.29. The summed E-state index contributed by atoms with van der Waals surface area (Å²) in [4.78, 5) is 2.14. The first kappa shape index (κ1) is 18.0. The monoisotopic (exact) mass is 384 g/mol. The van der Waals surface area contributed by atoms with Crippen LogP contribution in [-0.4, -0.2) is 46.0 Å². The summed E-state index contributed by atoms with van der Waals surface area (Å²) in [6.07, 6.45) is 0. The van der Waals surface area contributed by atoms with Crippen molar-refractivity contribution in [1.82, 2.24) is 4.31 Å². The van der Waals surface area contributed by atoms with Gasteiger partial charge in [0.25, 0.3) is 0 Å². The third-order valence-electron chi connectivity index (χ3n) is 4.17. The molecule has 0 bridgehead atoms. The molecule has 0 radical (unpaired) electrons. The molecule has 0 unspecified atom stereocenters. The quantitative estimate of drug-likeness (QED) is 0.813. The smallest absolute Gasteiger partial charge is 0.243 e. The van der Waals surface area contributed by atoms with E-state index in [9.17, 15) is 12.8 Å². The maximum atomic E-state index is 13.0. The van der Waals surface area contributed by atoms with Crippen LogP contribution in [0.15, 0.2) is 47.4 Å². The largest absolute Gasteiger partial charge is 0.495 e. The van der Waals surface area contributed by atoms with Gasteiger partial charge in [0.15, 0.2) is 0 Å². The predicted molar refractivity (Wildman–Crippen MR) is 95.4 cm³/mol. The lowest BCUT2D eigenvalue weighted by atomic mass is 10.2. The van der Waals surface area contributed by atoms with Gasteiger partial charge in [-0.05, 0) is 42.5 Å². The van der Waals surface area contributed by atoms with Crippen LogP contribution in [0.4, 0.5) is 10.1 Å². The van der Waals surface area contributed by atoms with Crippen molar-refractivity contribution in [1.29, 1.82) is 0 Å². The predicted octanol–water partition coefficient (Wildman–Crippen LogP) is 3.00. The van der Waals surface area contributed by atoms with Gasteiger partial charge < -0.3 is 9.64 Å². The molecule has 0 amide bonds. The van der Waals surface area contributed by atoms with Crippen LogP contribution in [0.25, 0.3) is 0 Å². The van der Waals surface area contributed by atoms with Crippen molar-refractivity contribution in [3.63, 3.8) is 0 Å². The first-order valence-electron chi connectivity index (χ1n) is 7.76. The Hall–Kier alpha value is -1.83. The van der Waals surface area contributed by atoms with Crippen molar-refractivity contribution < 1.29 is 17.5 Å². The van der Waals surface area contributed by atoms with E-state index >= 15 is 0 Å². The maximum absolute atomic E-state index is 13.0. The summed E-state index contributed by atoms with van der Waals surface area (Å²) in [5, 5.41) is 0.595. The normalized spacial score (nSPS) is 16.0. The molecule has 1 aliphatic heterocycles. The second-order valence-corrected chi connectivity index (χ2v) is 8.04. The number of halogens is 2. The molecule has 0 saturated carbocycles. The first-order valence-corrected chi connectivity index (χ1v) is 9.58. The average Bonchev–Trinajstić information content (AvgIpc) is 2.62. The van der Waals surface area contributed by atoms with Gasteiger partial charge >= 0.3 is 0 Å². The number of methoxy groups -OCH3 is 1. The Morgan fingerprint density at radius 3 is 2.28 bits per heavy atom. The van der Waals surface area contributed by atoms with Gasteiger partial charge in [0.05, 0.1) is 17.7 Å². The molecule has 0 spiro atoms. The molecule has 1 heterocycles. The van der Waals surface area contributed by atoms with Crippen molar-refractivity contribution >= 4 is 27.3 Å². The molecule has 8 heteroatoms. The molecule has 25 heavy (non-hydrogen) atoms. The standard InChI is InChI=1S/C17H18ClFN2O3S/c1-24-17-7-2-13(18)12-16(17)20-8-10-21(11-9-20)25(22,23)15-5-3-14(19)4-6-15/h2-7,12H,8-11H2,1H3. The summed E-state index contributed by atoms with van der Waals surface area (Å²) in [7, 11) is -2.04. The van der Waals surface area contributed by atoms with E-state index in [0.717, 1.165) is 17.8 Å². The fraction of sp³-hybridized carbons (Fsp3) is 0.294. The minimum absolute atomic E-state index is 0.0997. The lowest BCUT2D eigenvalue weighted by Gasteiger charge is -2.36. The third kappa shape index (κ3) is 3.73. The zero-order chi connectivity index (χ0) is 18.0. The highest BCUT2D eigenvalue weighted by Crippen LogP contribution is 2.32. The number of sulfonamides is 1. The van der Waals surface area contributed by atoms with Gasteiger partial charge in [-0.25, -0.2) is 12.8 Å². The van der Waals surface area contributed by atoms with Crippen LogP contribution in [-0.2, 0) is 10.0 Å². The third-order valence-corrected chi connectivity index (χ3v) is 6.32. The van der Waals surface area contributed by atoms with E-state index in [1.165, 1.54) is 16.4 Å². The van der Waals surface area contributed by atoms with Crippen LogP contribution >= 0.6 is 11.6 Å². The molecule has 0 aliphatic carbocycles. The van der Waals surface area contributed by atoms with E-state index in [4.69, 9.17) is 16.3 Å². The average molecular weight is 385 g/mol. The van der Waals surface area contributed by atoms with E-state index in [2.05, 4.69) is 0 Å². The van der Waals surface area contributed by atoms with Crippen molar-refractivity contribution in [2.24, 2.45) is 0 Å². The molecule has 5 nitrogen and oxygen atoms in total. The number of hydrogen-bond acceptors (Lipinski definition) is 4. The van der Waals surface area contributed by atoms with Crippen LogP contribution in [0.2, 0.25) is 5.02 Å². The van der Waals surface area contributed by atoms with E-state index in [1.54, 1.807) is 19.2 Å².